The van der Waals surface area contributed by atoms with Crippen LogP contribution in [-0.4, -0.2) is 35.2 Å². The molecule has 2 N–H and O–H groups in total. The van der Waals surface area contributed by atoms with Gasteiger partial charge >= 0.3 is 6.03 Å². The number of amides is 2. The number of hydrogen-bond acceptors (Lipinski definition) is 2. The fourth-order valence-corrected chi connectivity index (χ4v) is 2.87. The second-order valence-corrected chi connectivity index (χ2v) is 6.01. The second-order valence-electron chi connectivity index (χ2n) is 6.01. The molecule has 0 bridgehead atoms. The van der Waals surface area contributed by atoms with Crippen LogP contribution in [-0.2, 0) is 0 Å². The zero-order valence-electron chi connectivity index (χ0n) is 12.9. The van der Waals surface area contributed by atoms with Gasteiger partial charge in [-0.15, -0.1) is 0 Å². The van der Waals surface area contributed by atoms with Gasteiger partial charge in [0.1, 0.15) is 11.6 Å². The van der Waals surface area contributed by atoms with Gasteiger partial charge in [0.05, 0.1) is 18.7 Å². The van der Waals surface area contributed by atoms with Crippen LogP contribution >= 0.6 is 0 Å². The average Bonchev–Trinajstić information content (AvgIpc) is 2.93. The lowest BCUT2D eigenvalue weighted by Crippen LogP contribution is -2.46. The monoisotopic (exact) mass is 312 g/mol. The molecule has 22 heavy (non-hydrogen) atoms. The van der Waals surface area contributed by atoms with Crippen LogP contribution in [0.15, 0.2) is 18.2 Å². The van der Waals surface area contributed by atoms with E-state index in [-0.39, 0.29) is 30.2 Å². The van der Waals surface area contributed by atoms with Crippen LogP contribution in [0.25, 0.3) is 0 Å². The Morgan fingerprint density at radius 1 is 1.45 bits per heavy atom. The van der Waals surface area contributed by atoms with E-state index in [9.17, 15) is 18.7 Å². The Hall–Kier alpha value is -1.69. The first-order valence-electron chi connectivity index (χ1n) is 7.57. The van der Waals surface area contributed by atoms with Gasteiger partial charge < -0.3 is 15.3 Å². The number of hydrogen-bond donors (Lipinski definition) is 2. The van der Waals surface area contributed by atoms with E-state index in [2.05, 4.69) is 5.32 Å². The number of carbonyl (C=O) groups is 1. The zero-order valence-corrected chi connectivity index (χ0v) is 12.9. The Balaban J connectivity index is 2.17. The molecular weight excluding hydrogens is 290 g/mol. The summed E-state index contributed by atoms with van der Waals surface area (Å²) in [7, 11) is 0. The largest absolute Gasteiger partial charge is 0.394 e. The third-order valence-electron chi connectivity index (χ3n) is 4.09. The molecule has 1 heterocycles. The minimum atomic E-state index is -0.667. The van der Waals surface area contributed by atoms with Crippen molar-refractivity contribution in [3.8, 4) is 0 Å². The van der Waals surface area contributed by atoms with Crippen molar-refractivity contribution in [3.63, 3.8) is 0 Å². The van der Waals surface area contributed by atoms with Gasteiger partial charge in [0, 0.05) is 18.2 Å². The first kappa shape index (κ1) is 16.7. The van der Waals surface area contributed by atoms with Crippen LogP contribution in [0.2, 0.25) is 0 Å². The molecule has 1 aliphatic rings. The first-order chi connectivity index (χ1) is 10.4. The molecule has 1 saturated heterocycles. The van der Waals surface area contributed by atoms with E-state index in [1.165, 1.54) is 12.1 Å². The van der Waals surface area contributed by atoms with Crippen molar-refractivity contribution in [2.45, 2.75) is 38.8 Å². The fraction of sp³-hybridized carbons (Fsp3) is 0.562. The number of halogens is 2. The molecule has 0 spiro atoms. The summed E-state index contributed by atoms with van der Waals surface area (Å²) in [6.07, 6.45) is 1.61. The zero-order chi connectivity index (χ0) is 16.3. The molecule has 0 aliphatic carbocycles. The Bertz CT molecular complexity index is 537. The molecule has 1 aliphatic heterocycles. The second kappa shape index (κ2) is 7.05. The van der Waals surface area contributed by atoms with Crippen molar-refractivity contribution in [3.05, 3.63) is 35.4 Å². The van der Waals surface area contributed by atoms with E-state index in [4.69, 9.17) is 0 Å². The minimum absolute atomic E-state index is 0.0564. The van der Waals surface area contributed by atoms with Crippen LogP contribution in [0, 0.1) is 17.6 Å². The van der Waals surface area contributed by atoms with E-state index in [1.54, 1.807) is 4.90 Å². The van der Waals surface area contributed by atoms with Crippen molar-refractivity contribution in [2.24, 2.45) is 5.92 Å². The summed E-state index contributed by atoms with van der Waals surface area (Å²) in [6, 6.07) is 2.32. The van der Waals surface area contributed by atoms with E-state index >= 15 is 0 Å². The van der Waals surface area contributed by atoms with Gasteiger partial charge in [0.25, 0.3) is 0 Å². The maximum Gasteiger partial charge on any atom is 0.318 e. The Labute approximate surface area is 129 Å². The van der Waals surface area contributed by atoms with Crippen molar-refractivity contribution in [1.29, 1.82) is 0 Å². The lowest BCUT2D eigenvalue weighted by atomic mass is 9.95. The maximum atomic E-state index is 14.0. The van der Waals surface area contributed by atoms with Crippen molar-refractivity contribution >= 4 is 6.03 Å². The molecule has 0 saturated carbocycles. The van der Waals surface area contributed by atoms with E-state index in [1.807, 2.05) is 13.8 Å². The quantitative estimate of drug-likeness (QED) is 0.898. The predicted molar refractivity (Wildman–Crippen MR) is 79.3 cm³/mol. The average molecular weight is 312 g/mol. The summed E-state index contributed by atoms with van der Waals surface area (Å²) in [5.41, 5.74) is 0.268. The van der Waals surface area contributed by atoms with Crippen molar-refractivity contribution in [2.75, 3.05) is 13.2 Å². The molecule has 0 aromatic heterocycles. The molecule has 2 atom stereocenters. The van der Waals surface area contributed by atoms with Crippen molar-refractivity contribution in [1.82, 2.24) is 10.2 Å². The molecule has 2 rings (SSSR count). The van der Waals surface area contributed by atoms with Crippen LogP contribution in [0.3, 0.4) is 0 Å². The number of nitrogens with zero attached hydrogens (tertiary/aromatic N) is 1. The van der Waals surface area contributed by atoms with Crippen LogP contribution in [0.1, 0.15) is 38.3 Å². The third kappa shape index (κ3) is 3.55. The number of likely N-dealkylation sites (tertiary alicyclic amines) is 1. The molecule has 2 unspecified atom stereocenters. The van der Waals surface area contributed by atoms with E-state index < -0.39 is 17.7 Å². The molecule has 2 amide bonds. The standard InChI is InChI=1S/C16H22F2N2O2/c1-10(2)15(13-6-5-11(17)8-14(13)18)19-16(22)20-7-3-4-12(20)9-21/h5-6,8,10,12,15,21H,3-4,7,9H2,1-2H3,(H,19,22). The molecule has 6 heteroatoms. The predicted octanol–water partition coefficient (Wildman–Crippen LogP) is 2.83. The highest BCUT2D eigenvalue weighted by molar-refractivity contribution is 5.75. The third-order valence-corrected chi connectivity index (χ3v) is 4.09. The Morgan fingerprint density at radius 2 is 2.18 bits per heavy atom. The van der Waals surface area contributed by atoms with Crippen LogP contribution < -0.4 is 5.32 Å². The number of urea groups is 1. The fourth-order valence-electron chi connectivity index (χ4n) is 2.87. The van der Waals surface area contributed by atoms with Crippen molar-refractivity contribution < 1.29 is 18.7 Å². The normalized spacial score (nSPS) is 19.5. The number of aliphatic hydroxyl groups excluding tert-OH is 1. The first-order valence-corrected chi connectivity index (χ1v) is 7.57. The lowest BCUT2D eigenvalue weighted by molar-refractivity contribution is 0.152. The van der Waals surface area contributed by atoms with Gasteiger partial charge in [-0.3, -0.25) is 0 Å². The van der Waals surface area contributed by atoms with Gasteiger partial charge in [0.2, 0.25) is 0 Å². The molecule has 4 nitrogen and oxygen atoms in total. The smallest absolute Gasteiger partial charge is 0.318 e. The Morgan fingerprint density at radius 3 is 2.77 bits per heavy atom. The number of carbonyl (C=O) groups excluding carboxylic acids is 1. The molecule has 122 valence electrons. The summed E-state index contributed by atoms with van der Waals surface area (Å²) in [6.45, 7) is 4.22. The van der Waals surface area contributed by atoms with Gasteiger partial charge in [0.15, 0.2) is 0 Å². The topological polar surface area (TPSA) is 52.6 Å². The molecule has 1 fully saturated rings. The van der Waals surface area contributed by atoms with Gasteiger partial charge in [-0.2, -0.15) is 0 Å². The summed E-state index contributed by atoms with van der Waals surface area (Å²) in [5, 5.41) is 12.1. The minimum Gasteiger partial charge on any atom is -0.394 e. The highest BCUT2D eigenvalue weighted by Crippen LogP contribution is 2.26. The molecule has 0 radical (unpaired) electrons. The van der Waals surface area contributed by atoms with Crippen LogP contribution in [0.4, 0.5) is 13.6 Å². The lowest BCUT2D eigenvalue weighted by Gasteiger charge is -2.29. The van der Waals surface area contributed by atoms with Gasteiger partial charge in [-0.05, 0) is 24.8 Å². The summed E-state index contributed by atoms with van der Waals surface area (Å²) < 4.78 is 27.0. The van der Waals surface area contributed by atoms with E-state index in [0.717, 1.165) is 18.9 Å². The summed E-state index contributed by atoms with van der Waals surface area (Å²) >= 11 is 0. The number of nitrogens with one attached hydrogen (secondary N) is 1. The Kier molecular flexibility index (Phi) is 5.34. The van der Waals surface area contributed by atoms with E-state index in [0.29, 0.717) is 6.54 Å². The van der Waals surface area contributed by atoms with Crippen LogP contribution in [0.5, 0.6) is 0 Å². The number of aliphatic hydroxyl groups is 1. The molecular formula is C16H22F2N2O2. The highest BCUT2D eigenvalue weighted by atomic mass is 19.1. The maximum absolute atomic E-state index is 14.0. The number of rotatable bonds is 4. The summed E-state index contributed by atoms with van der Waals surface area (Å²) in [4.78, 5) is 14.0. The highest BCUT2D eigenvalue weighted by Gasteiger charge is 2.31. The SMILES string of the molecule is CC(C)C(NC(=O)N1CCCC1CO)c1ccc(F)cc1F. The van der Waals surface area contributed by atoms with Gasteiger partial charge in [-0.25, -0.2) is 13.6 Å². The van der Waals surface area contributed by atoms with Gasteiger partial charge in [-0.1, -0.05) is 19.9 Å². The molecule has 1 aromatic carbocycles. The summed E-state index contributed by atoms with van der Waals surface area (Å²) in [5.74, 6) is -1.37. The molecule has 1 aromatic rings. The number of benzene rings is 1.